The van der Waals surface area contributed by atoms with Gasteiger partial charge >= 0.3 is 0 Å². The number of nitrogens with zero attached hydrogens (tertiary/aromatic N) is 2. The first-order valence-electron chi connectivity index (χ1n) is 9.46. The van der Waals surface area contributed by atoms with Crippen molar-refractivity contribution in [1.82, 2.24) is 4.40 Å². The molecule has 0 aliphatic carbocycles. The van der Waals surface area contributed by atoms with Crippen molar-refractivity contribution in [3.05, 3.63) is 66.9 Å². The van der Waals surface area contributed by atoms with E-state index in [0.29, 0.717) is 0 Å². The smallest absolute Gasteiger partial charge is 0.130 e. The maximum Gasteiger partial charge on any atom is 0.130 e. The molecule has 2 aromatic heterocycles. The van der Waals surface area contributed by atoms with Crippen LogP contribution < -0.4 is 14.4 Å². The Morgan fingerprint density at radius 1 is 0.821 bits per heavy atom. The van der Waals surface area contributed by atoms with Crippen LogP contribution in [0.2, 0.25) is 0 Å². The highest BCUT2D eigenvalue weighted by Crippen LogP contribution is 2.46. The lowest BCUT2D eigenvalue weighted by Crippen LogP contribution is -2.37. The van der Waals surface area contributed by atoms with Gasteiger partial charge in [-0.25, -0.2) is 0 Å². The first-order chi connectivity index (χ1) is 13.5. The van der Waals surface area contributed by atoms with Crippen LogP contribution in [0.4, 0.5) is 11.4 Å². The lowest BCUT2D eigenvalue weighted by molar-refractivity contribution is 0.414. The predicted molar refractivity (Wildman–Crippen MR) is 116 cm³/mol. The summed E-state index contributed by atoms with van der Waals surface area (Å²) in [6, 6.07) is 20.7. The lowest BCUT2D eigenvalue weighted by atomic mass is 10.0. The highest BCUT2D eigenvalue weighted by Gasteiger charge is 2.29. The summed E-state index contributed by atoms with van der Waals surface area (Å²) in [6.07, 6.45) is 2.10. The highest BCUT2D eigenvalue weighted by molar-refractivity contribution is 6.09. The first-order valence-corrected chi connectivity index (χ1v) is 9.46. The van der Waals surface area contributed by atoms with Crippen LogP contribution in [0.3, 0.4) is 0 Å². The fraction of sp³-hybridized carbons (Fsp3) is 0.250. The molecule has 0 amide bonds. The molecule has 2 heterocycles. The predicted octanol–water partition coefficient (Wildman–Crippen LogP) is 6.05. The Labute approximate surface area is 165 Å². The number of anilines is 2. The molecular formula is C24H26N2O2. The molecule has 0 aliphatic heterocycles. The van der Waals surface area contributed by atoms with Crippen LogP contribution in [0.15, 0.2) is 66.9 Å². The Hall–Kier alpha value is -3.14. The Morgan fingerprint density at radius 2 is 1.57 bits per heavy atom. The van der Waals surface area contributed by atoms with Crippen LogP contribution >= 0.6 is 0 Å². The average molecular weight is 374 g/mol. The van der Waals surface area contributed by atoms with Crippen molar-refractivity contribution in [2.24, 2.45) is 0 Å². The van der Waals surface area contributed by atoms with E-state index in [1.807, 2.05) is 24.3 Å². The molecule has 28 heavy (non-hydrogen) atoms. The summed E-state index contributed by atoms with van der Waals surface area (Å²) in [7, 11) is 3.43. The molecule has 0 saturated carbocycles. The van der Waals surface area contributed by atoms with Gasteiger partial charge in [-0.2, -0.15) is 0 Å². The number of aromatic nitrogens is 1. The summed E-state index contributed by atoms with van der Waals surface area (Å²) in [6.45, 7) is 6.67. The van der Waals surface area contributed by atoms with E-state index in [1.54, 1.807) is 14.2 Å². The quantitative estimate of drug-likeness (QED) is 0.435. The van der Waals surface area contributed by atoms with Gasteiger partial charge in [-0.05, 0) is 57.2 Å². The van der Waals surface area contributed by atoms with E-state index in [1.165, 1.54) is 0 Å². The molecule has 0 bridgehead atoms. The second-order valence-electron chi connectivity index (χ2n) is 7.87. The van der Waals surface area contributed by atoms with Crippen LogP contribution in [0, 0.1) is 0 Å². The van der Waals surface area contributed by atoms with Crippen LogP contribution in [-0.4, -0.2) is 24.2 Å². The van der Waals surface area contributed by atoms with Gasteiger partial charge in [-0.3, -0.25) is 0 Å². The van der Waals surface area contributed by atoms with E-state index in [-0.39, 0.29) is 5.54 Å². The molecule has 4 heteroatoms. The Morgan fingerprint density at radius 3 is 2.29 bits per heavy atom. The Balaban J connectivity index is 2.14. The number of hydrogen-bond acceptors (Lipinski definition) is 3. The number of fused-ring (bicyclic) bond motifs is 3. The second kappa shape index (κ2) is 6.79. The fourth-order valence-electron chi connectivity index (χ4n) is 3.93. The summed E-state index contributed by atoms with van der Waals surface area (Å²) in [5, 5.41) is 1.11. The maximum absolute atomic E-state index is 5.78. The molecule has 0 N–H and O–H groups in total. The Bertz CT molecular complexity index is 1140. The van der Waals surface area contributed by atoms with Crippen LogP contribution in [0.25, 0.3) is 16.4 Å². The molecule has 0 spiro atoms. The zero-order valence-corrected chi connectivity index (χ0v) is 17.1. The summed E-state index contributed by atoms with van der Waals surface area (Å²) < 4.78 is 13.5. The Kier molecular flexibility index (Phi) is 4.42. The van der Waals surface area contributed by atoms with Crippen molar-refractivity contribution in [2.75, 3.05) is 19.1 Å². The number of benzene rings is 2. The molecule has 0 atom stereocenters. The molecule has 0 aliphatic rings. The summed E-state index contributed by atoms with van der Waals surface area (Å²) in [5.41, 5.74) is 4.31. The number of methoxy groups -OCH3 is 2. The van der Waals surface area contributed by atoms with Crippen molar-refractivity contribution < 1.29 is 9.47 Å². The number of pyridine rings is 1. The topological polar surface area (TPSA) is 26.1 Å². The molecule has 4 nitrogen and oxygen atoms in total. The SMILES string of the molecule is COc1cccc(N(c2c3c(OC)cccc3n3ccccc23)C(C)(C)C)c1. The summed E-state index contributed by atoms with van der Waals surface area (Å²) in [5.74, 6) is 1.71. The van der Waals surface area contributed by atoms with Gasteiger partial charge in [0.05, 0.1) is 36.3 Å². The third-order valence-electron chi connectivity index (χ3n) is 5.03. The minimum atomic E-state index is -0.169. The van der Waals surface area contributed by atoms with Gasteiger partial charge in [-0.1, -0.05) is 18.2 Å². The van der Waals surface area contributed by atoms with Gasteiger partial charge in [0, 0.05) is 23.5 Å². The monoisotopic (exact) mass is 374 g/mol. The van der Waals surface area contributed by atoms with Crippen molar-refractivity contribution in [1.29, 1.82) is 0 Å². The van der Waals surface area contributed by atoms with Gasteiger partial charge < -0.3 is 18.8 Å². The first kappa shape index (κ1) is 18.2. The highest BCUT2D eigenvalue weighted by atomic mass is 16.5. The molecule has 2 aromatic carbocycles. The minimum absolute atomic E-state index is 0.169. The van der Waals surface area contributed by atoms with Gasteiger partial charge in [0.25, 0.3) is 0 Å². The molecule has 144 valence electrons. The number of ether oxygens (including phenoxy) is 2. The van der Waals surface area contributed by atoms with E-state index >= 15 is 0 Å². The van der Waals surface area contributed by atoms with Crippen molar-refractivity contribution in [2.45, 2.75) is 26.3 Å². The molecule has 4 rings (SSSR count). The maximum atomic E-state index is 5.78. The third-order valence-corrected chi connectivity index (χ3v) is 5.03. The largest absolute Gasteiger partial charge is 0.497 e. The third kappa shape index (κ3) is 2.85. The number of rotatable bonds is 4. The molecular weight excluding hydrogens is 348 g/mol. The lowest BCUT2D eigenvalue weighted by Gasteiger charge is -2.38. The standard InChI is InChI=1S/C24H26N2O2/c1-24(2,3)26(17-10-8-11-18(16-17)27-4)23-20-12-6-7-15-25(20)19-13-9-14-21(28-5)22(19)23/h6-16H,1-5H3. The molecule has 0 unspecified atom stereocenters. The van der Waals surface area contributed by atoms with Gasteiger partial charge in [0.15, 0.2) is 0 Å². The van der Waals surface area contributed by atoms with E-state index in [4.69, 9.17) is 9.47 Å². The number of hydrogen-bond donors (Lipinski definition) is 0. The van der Waals surface area contributed by atoms with Crippen molar-refractivity contribution in [3.63, 3.8) is 0 Å². The zero-order chi connectivity index (χ0) is 19.9. The van der Waals surface area contributed by atoms with Crippen LogP contribution in [-0.2, 0) is 0 Å². The van der Waals surface area contributed by atoms with E-state index in [0.717, 1.165) is 39.3 Å². The molecule has 0 fully saturated rings. The summed E-state index contributed by atoms with van der Waals surface area (Å²) in [4.78, 5) is 2.37. The van der Waals surface area contributed by atoms with Crippen molar-refractivity contribution >= 4 is 27.8 Å². The van der Waals surface area contributed by atoms with E-state index in [9.17, 15) is 0 Å². The van der Waals surface area contributed by atoms with Crippen LogP contribution in [0.5, 0.6) is 11.5 Å². The van der Waals surface area contributed by atoms with Gasteiger partial charge in [0.1, 0.15) is 11.5 Å². The zero-order valence-electron chi connectivity index (χ0n) is 17.1. The fourth-order valence-corrected chi connectivity index (χ4v) is 3.93. The molecule has 4 aromatic rings. The van der Waals surface area contributed by atoms with Crippen LogP contribution in [0.1, 0.15) is 20.8 Å². The van der Waals surface area contributed by atoms with E-state index < -0.39 is 0 Å². The second-order valence-corrected chi connectivity index (χ2v) is 7.87. The van der Waals surface area contributed by atoms with Crippen molar-refractivity contribution in [3.8, 4) is 11.5 Å². The molecule has 0 saturated heterocycles. The summed E-state index contributed by atoms with van der Waals surface area (Å²) >= 11 is 0. The van der Waals surface area contributed by atoms with Gasteiger partial charge in [-0.15, -0.1) is 0 Å². The average Bonchev–Trinajstić information content (AvgIpc) is 3.02. The normalized spacial score (nSPS) is 11.8. The van der Waals surface area contributed by atoms with Gasteiger partial charge in [0.2, 0.25) is 0 Å². The minimum Gasteiger partial charge on any atom is -0.497 e. The van der Waals surface area contributed by atoms with E-state index in [2.05, 4.69) is 72.7 Å². The molecule has 0 radical (unpaired) electrons.